The fraction of sp³-hybridized carbons (Fsp3) is 0.391. The molecule has 10 nitrogen and oxygen atoms in total. The fourth-order valence-electron chi connectivity index (χ4n) is 3.60. The normalized spacial score (nSPS) is 20.9. The van der Waals surface area contributed by atoms with E-state index in [9.17, 15) is 29.4 Å². The number of aromatic hydroxyl groups is 1. The summed E-state index contributed by atoms with van der Waals surface area (Å²) in [5.74, 6) is -2.09. The smallest absolute Gasteiger partial charge is 0.408 e. The number of thioether (sulfide) groups is 1. The number of ether oxygens (including phenoxy) is 1. The van der Waals surface area contributed by atoms with Gasteiger partial charge in [-0.15, -0.1) is 11.8 Å². The third-order valence-electron chi connectivity index (χ3n) is 5.02. The van der Waals surface area contributed by atoms with Crippen molar-refractivity contribution < 1.29 is 34.1 Å². The minimum Gasteiger partial charge on any atom is -0.508 e. The third kappa shape index (κ3) is 5.36. The molecule has 1 unspecified atom stereocenters. The maximum Gasteiger partial charge on any atom is 0.408 e. The number of carboxylic acids is 1. The topological polar surface area (TPSA) is 145 Å². The highest BCUT2D eigenvalue weighted by Crippen LogP contribution is 2.40. The van der Waals surface area contributed by atoms with E-state index in [4.69, 9.17) is 4.74 Å². The van der Waals surface area contributed by atoms with Crippen molar-refractivity contribution in [2.45, 2.75) is 50.8 Å². The summed E-state index contributed by atoms with van der Waals surface area (Å²) in [6, 6.07) is 3.50. The number of benzene rings is 1. The Morgan fingerprint density at radius 2 is 1.88 bits per heavy atom. The first kappa shape index (κ1) is 25.2. The molecule has 4 N–H and O–H groups in total. The number of fused-ring (bicyclic) bond motifs is 1. The van der Waals surface area contributed by atoms with Crippen LogP contribution in [-0.2, 0) is 19.1 Å². The first-order valence-corrected chi connectivity index (χ1v) is 11.6. The van der Waals surface area contributed by atoms with Crippen molar-refractivity contribution in [1.82, 2.24) is 15.5 Å². The number of β-lactam (4-membered cyclic amide) rings is 1. The van der Waals surface area contributed by atoms with Gasteiger partial charge in [-0.3, -0.25) is 14.5 Å². The van der Waals surface area contributed by atoms with Crippen molar-refractivity contribution in [1.29, 1.82) is 0 Å². The molecule has 1 aromatic carbocycles. The molecule has 0 radical (unpaired) electrons. The highest BCUT2D eigenvalue weighted by molar-refractivity contribution is 8.00. The van der Waals surface area contributed by atoms with Gasteiger partial charge in [-0.1, -0.05) is 24.3 Å². The van der Waals surface area contributed by atoms with Crippen LogP contribution < -0.4 is 10.6 Å². The molecule has 11 heteroatoms. The minimum atomic E-state index is -1.22. The van der Waals surface area contributed by atoms with Gasteiger partial charge in [-0.2, -0.15) is 0 Å². The van der Waals surface area contributed by atoms with Gasteiger partial charge < -0.3 is 25.6 Å². The summed E-state index contributed by atoms with van der Waals surface area (Å²) in [5.41, 5.74) is -0.0159. The quantitative estimate of drug-likeness (QED) is 0.445. The second-order valence-electron chi connectivity index (χ2n) is 8.75. The van der Waals surface area contributed by atoms with Crippen LogP contribution in [0.4, 0.5) is 4.79 Å². The molecule has 0 bridgehead atoms. The lowest BCUT2D eigenvalue weighted by Crippen LogP contribution is -2.71. The SMILES string of the molecule is CC=CC1=C(C(=O)O)N2C(=O)[C@@H](NC(=O)C(NC(=O)OC(C)(C)C)c3ccc(O)cc3)[C@@H]2SC1. The lowest BCUT2D eigenvalue weighted by atomic mass is 10.0. The molecule has 2 aliphatic rings. The number of alkyl carbamates (subject to hydrolysis) is 1. The molecule has 0 aliphatic carbocycles. The van der Waals surface area contributed by atoms with E-state index >= 15 is 0 Å². The number of carbonyl (C=O) groups is 4. The van der Waals surface area contributed by atoms with Crippen LogP contribution in [0.1, 0.15) is 39.3 Å². The van der Waals surface area contributed by atoms with E-state index in [1.54, 1.807) is 39.8 Å². The zero-order chi connectivity index (χ0) is 25.2. The minimum absolute atomic E-state index is 0.0199. The number of hydrogen-bond acceptors (Lipinski definition) is 7. The number of phenols is 1. The van der Waals surface area contributed by atoms with Gasteiger partial charge in [0.2, 0.25) is 5.91 Å². The number of amides is 3. The summed E-state index contributed by atoms with van der Waals surface area (Å²) >= 11 is 1.34. The number of hydrogen-bond donors (Lipinski definition) is 4. The Bertz CT molecular complexity index is 1060. The molecule has 2 heterocycles. The largest absolute Gasteiger partial charge is 0.508 e. The lowest BCUT2D eigenvalue weighted by Gasteiger charge is -2.49. The standard InChI is InChI=1S/C23H27N3O7S/c1-5-6-13-11-34-20-16(19(29)26(20)17(13)21(30)31)24-18(28)15(12-7-9-14(27)10-8-12)25-22(32)33-23(2,3)4/h5-10,15-16,20,27H,11H2,1-4H3,(H,24,28)(H,25,32)(H,30,31)/t15?,16-,20+/m1/s1. The summed E-state index contributed by atoms with van der Waals surface area (Å²) in [6.07, 6.45) is 2.52. The molecule has 3 amide bonds. The second-order valence-corrected chi connectivity index (χ2v) is 9.85. The van der Waals surface area contributed by atoms with Crippen LogP contribution in [-0.4, -0.2) is 61.8 Å². The van der Waals surface area contributed by atoms with Crippen LogP contribution in [0.3, 0.4) is 0 Å². The predicted octanol–water partition coefficient (Wildman–Crippen LogP) is 2.27. The second kappa shape index (κ2) is 9.80. The number of carbonyl (C=O) groups excluding carboxylic acids is 3. The van der Waals surface area contributed by atoms with Gasteiger partial charge in [-0.05, 0) is 51.0 Å². The van der Waals surface area contributed by atoms with Crippen molar-refractivity contribution >= 4 is 35.6 Å². The Morgan fingerprint density at radius 1 is 1.24 bits per heavy atom. The summed E-state index contributed by atoms with van der Waals surface area (Å²) < 4.78 is 5.25. The summed E-state index contributed by atoms with van der Waals surface area (Å²) in [5, 5.41) is 23.8. The fourth-order valence-corrected chi connectivity index (χ4v) is 4.92. The number of nitrogens with one attached hydrogen (secondary N) is 2. The van der Waals surface area contributed by atoms with Crippen LogP contribution in [0.15, 0.2) is 47.7 Å². The molecule has 3 rings (SSSR count). The first-order valence-electron chi connectivity index (χ1n) is 10.6. The molecule has 1 saturated heterocycles. The first-order chi connectivity index (χ1) is 15.9. The summed E-state index contributed by atoms with van der Waals surface area (Å²) in [7, 11) is 0. The van der Waals surface area contributed by atoms with Crippen LogP contribution in [0.25, 0.3) is 0 Å². The Balaban J connectivity index is 1.81. The maximum absolute atomic E-state index is 13.2. The third-order valence-corrected chi connectivity index (χ3v) is 6.32. The van der Waals surface area contributed by atoms with E-state index < -0.39 is 46.9 Å². The molecule has 0 aromatic heterocycles. The predicted molar refractivity (Wildman–Crippen MR) is 125 cm³/mol. The molecule has 1 aromatic rings. The monoisotopic (exact) mass is 489 g/mol. The molecule has 34 heavy (non-hydrogen) atoms. The highest BCUT2D eigenvalue weighted by atomic mass is 32.2. The Morgan fingerprint density at radius 3 is 2.44 bits per heavy atom. The Labute approximate surface area is 201 Å². The molecular formula is C23H27N3O7S. The van der Waals surface area contributed by atoms with Gasteiger partial charge in [0.1, 0.15) is 34.5 Å². The van der Waals surface area contributed by atoms with Crippen molar-refractivity contribution in [3.63, 3.8) is 0 Å². The number of rotatable bonds is 6. The summed E-state index contributed by atoms with van der Waals surface area (Å²) in [4.78, 5) is 51.4. The van der Waals surface area contributed by atoms with E-state index in [2.05, 4.69) is 10.6 Å². The number of carboxylic acid groups (broad SMARTS) is 1. The van der Waals surface area contributed by atoms with Crippen molar-refractivity contribution in [2.75, 3.05) is 5.75 Å². The lowest BCUT2D eigenvalue weighted by molar-refractivity contribution is -0.150. The number of allylic oxidation sites excluding steroid dienone is 2. The van der Waals surface area contributed by atoms with E-state index in [0.29, 0.717) is 16.9 Å². The van der Waals surface area contributed by atoms with Crippen molar-refractivity contribution in [3.8, 4) is 5.75 Å². The van der Waals surface area contributed by atoms with Crippen LogP contribution in [0, 0.1) is 0 Å². The zero-order valence-electron chi connectivity index (χ0n) is 19.2. The molecule has 1 fully saturated rings. The molecule has 2 aliphatic heterocycles. The van der Waals surface area contributed by atoms with Gasteiger partial charge in [0.15, 0.2) is 0 Å². The number of aliphatic carboxylic acids is 1. The molecular weight excluding hydrogens is 462 g/mol. The molecule has 0 spiro atoms. The number of phenolic OH excluding ortho intramolecular Hbond substituents is 1. The van der Waals surface area contributed by atoms with E-state index in [1.807, 2.05) is 0 Å². The Kier molecular flexibility index (Phi) is 7.25. The molecule has 0 saturated carbocycles. The van der Waals surface area contributed by atoms with Crippen LogP contribution >= 0.6 is 11.8 Å². The van der Waals surface area contributed by atoms with Gasteiger partial charge >= 0.3 is 12.1 Å². The summed E-state index contributed by atoms with van der Waals surface area (Å²) in [6.45, 7) is 6.80. The average molecular weight is 490 g/mol. The molecule has 3 atom stereocenters. The molecule has 182 valence electrons. The highest BCUT2D eigenvalue weighted by Gasteiger charge is 2.54. The Hall–Kier alpha value is -3.47. The number of nitrogens with zero attached hydrogens (tertiary/aromatic N) is 1. The van der Waals surface area contributed by atoms with Crippen molar-refractivity contribution in [2.24, 2.45) is 0 Å². The van der Waals surface area contributed by atoms with Crippen molar-refractivity contribution in [3.05, 3.63) is 53.3 Å². The van der Waals surface area contributed by atoms with Gasteiger partial charge in [0.25, 0.3) is 5.91 Å². The van der Waals surface area contributed by atoms with Gasteiger partial charge in [-0.25, -0.2) is 9.59 Å². The van der Waals surface area contributed by atoms with Crippen LogP contribution in [0.2, 0.25) is 0 Å². The maximum atomic E-state index is 13.2. The zero-order valence-corrected chi connectivity index (χ0v) is 20.0. The van der Waals surface area contributed by atoms with Crippen LogP contribution in [0.5, 0.6) is 5.75 Å². The van der Waals surface area contributed by atoms with Gasteiger partial charge in [0, 0.05) is 5.75 Å². The van der Waals surface area contributed by atoms with Gasteiger partial charge in [0.05, 0.1) is 0 Å². The van der Waals surface area contributed by atoms with E-state index in [0.717, 1.165) is 0 Å². The van der Waals surface area contributed by atoms with E-state index in [1.165, 1.54) is 40.9 Å². The van der Waals surface area contributed by atoms with E-state index in [-0.39, 0.29) is 11.4 Å². The average Bonchev–Trinajstić information content (AvgIpc) is 2.74.